The maximum atomic E-state index is 13.1. The molecule has 0 spiro atoms. The molecule has 0 saturated carbocycles. The molecular weight excluding hydrogens is 268 g/mol. The summed E-state index contributed by atoms with van der Waals surface area (Å²) < 4.78 is 31.3. The number of hydrogen-bond acceptors (Lipinski definition) is 3. The monoisotopic (exact) mass is 287 g/mol. The van der Waals surface area contributed by atoms with Crippen molar-refractivity contribution in [1.29, 1.82) is 0 Å². The highest BCUT2D eigenvalue weighted by molar-refractivity contribution is 5.71. The molecule has 2 unspecified atom stereocenters. The van der Waals surface area contributed by atoms with E-state index in [4.69, 9.17) is 9.84 Å². The number of alkyl halides is 2. The van der Waals surface area contributed by atoms with E-state index in [1.54, 1.807) is 49.3 Å². The number of hydrogen-bond donors (Lipinski definition) is 1. The highest BCUT2D eigenvalue weighted by Crippen LogP contribution is 2.19. The van der Waals surface area contributed by atoms with E-state index in [9.17, 15) is 13.6 Å². The zero-order valence-electron chi connectivity index (χ0n) is 11.5. The topological polar surface area (TPSA) is 49.8 Å². The van der Waals surface area contributed by atoms with Gasteiger partial charge in [-0.05, 0) is 19.7 Å². The van der Waals surface area contributed by atoms with Crippen LogP contribution in [0.15, 0.2) is 30.3 Å². The van der Waals surface area contributed by atoms with Crippen LogP contribution in [-0.4, -0.2) is 49.1 Å². The van der Waals surface area contributed by atoms with Gasteiger partial charge in [-0.1, -0.05) is 30.3 Å². The molecule has 6 heteroatoms. The molecule has 0 saturated heterocycles. The lowest BCUT2D eigenvalue weighted by Crippen LogP contribution is -2.42. The average Bonchev–Trinajstić information content (AvgIpc) is 2.38. The summed E-state index contributed by atoms with van der Waals surface area (Å²) in [5.41, 5.74) is 0.729. The SMILES string of the molecule is CN(C)CC(C(=O)O)C(OCc1ccccc1)C(F)F. The van der Waals surface area contributed by atoms with Crippen LogP contribution in [0.2, 0.25) is 0 Å². The second-order valence-corrected chi connectivity index (χ2v) is 4.80. The third-order valence-electron chi connectivity index (χ3n) is 2.81. The Bertz CT molecular complexity index is 412. The van der Waals surface area contributed by atoms with Gasteiger partial charge in [-0.2, -0.15) is 0 Å². The van der Waals surface area contributed by atoms with Gasteiger partial charge in [0.2, 0.25) is 0 Å². The maximum Gasteiger partial charge on any atom is 0.310 e. The number of rotatable bonds is 8. The predicted octanol–water partition coefficient (Wildman–Crippen LogP) is 2.10. The highest BCUT2D eigenvalue weighted by Gasteiger charge is 2.36. The second kappa shape index (κ2) is 7.91. The van der Waals surface area contributed by atoms with Gasteiger partial charge >= 0.3 is 5.97 Å². The Morgan fingerprint density at radius 1 is 1.30 bits per heavy atom. The standard InChI is InChI=1S/C14H19F2NO3/c1-17(2)8-11(14(18)19)12(13(15)16)20-9-10-6-4-3-5-7-10/h3-7,11-13H,8-9H2,1-2H3,(H,18,19). The second-order valence-electron chi connectivity index (χ2n) is 4.80. The fourth-order valence-corrected chi connectivity index (χ4v) is 1.85. The van der Waals surface area contributed by atoms with Crippen LogP contribution in [0.1, 0.15) is 5.56 Å². The molecule has 1 aromatic rings. The lowest BCUT2D eigenvalue weighted by Gasteiger charge is -2.26. The quantitative estimate of drug-likeness (QED) is 0.795. The number of benzene rings is 1. The number of carboxylic acids is 1. The Balaban J connectivity index is 2.73. The summed E-state index contributed by atoms with van der Waals surface area (Å²) in [6.07, 6.45) is -4.48. The van der Waals surface area contributed by atoms with Crippen molar-refractivity contribution in [3.63, 3.8) is 0 Å². The first-order valence-corrected chi connectivity index (χ1v) is 6.23. The summed E-state index contributed by atoms with van der Waals surface area (Å²) in [5.74, 6) is -2.55. The number of nitrogens with zero attached hydrogens (tertiary/aromatic N) is 1. The van der Waals surface area contributed by atoms with E-state index >= 15 is 0 Å². The first kappa shape index (κ1) is 16.5. The molecule has 0 radical (unpaired) electrons. The van der Waals surface area contributed by atoms with Crippen molar-refractivity contribution in [2.24, 2.45) is 5.92 Å². The van der Waals surface area contributed by atoms with Crippen molar-refractivity contribution >= 4 is 5.97 Å². The molecule has 1 rings (SSSR count). The predicted molar refractivity (Wildman–Crippen MR) is 70.7 cm³/mol. The fraction of sp³-hybridized carbons (Fsp3) is 0.500. The Labute approximate surface area is 117 Å². The molecule has 0 bridgehead atoms. The lowest BCUT2D eigenvalue weighted by atomic mass is 10.0. The summed E-state index contributed by atoms with van der Waals surface area (Å²) >= 11 is 0. The number of halogens is 2. The van der Waals surface area contributed by atoms with E-state index in [0.29, 0.717) is 0 Å². The van der Waals surface area contributed by atoms with Gasteiger partial charge < -0.3 is 14.7 Å². The number of ether oxygens (including phenoxy) is 1. The Kier molecular flexibility index (Phi) is 6.54. The van der Waals surface area contributed by atoms with Crippen LogP contribution >= 0.6 is 0 Å². The molecule has 0 heterocycles. The minimum absolute atomic E-state index is 0.000863. The summed E-state index contributed by atoms with van der Waals surface area (Å²) in [5, 5.41) is 9.10. The van der Waals surface area contributed by atoms with E-state index in [0.717, 1.165) is 5.56 Å². The molecule has 1 aromatic carbocycles. The maximum absolute atomic E-state index is 13.1. The molecular formula is C14H19F2NO3. The van der Waals surface area contributed by atoms with Gasteiger partial charge in [0.25, 0.3) is 6.43 Å². The molecule has 112 valence electrons. The van der Waals surface area contributed by atoms with Gasteiger partial charge in [0.15, 0.2) is 0 Å². The van der Waals surface area contributed by atoms with Gasteiger partial charge in [-0.25, -0.2) is 8.78 Å². The van der Waals surface area contributed by atoms with Crippen molar-refractivity contribution < 1.29 is 23.4 Å². The van der Waals surface area contributed by atoms with E-state index in [2.05, 4.69) is 0 Å². The van der Waals surface area contributed by atoms with E-state index < -0.39 is 24.4 Å². The summed E-state index contributed by atoms with van der Waals surface area (Å²) in [7, 11) is 3.27. The molecule has 1 N–H and O–H groups in total. The molecule has 0 aliphatic rings. The van der Waals surface area contributed by atoms with Crippen LogP contribution in [0.4, 0.5) is 8.78 Å². The smallest absolute Gasteiger partial charge is 0.310 e. The van der Waals surface area contributed by atoms with E-state index in [-0.39, 0.29) is 13.2 Å². The zero-order valence-corrected chi connectivity index (χ0v) is 11.5. The summed E-state index contributed by atoms with van der Waals surface area (Å²) in [6.45, 7) is -0.0355. The molecule has 0 aliphatic carbocycles. The number of aliphatic carboxylic acids is 1. The molecule has 4 nitrogen and oxygen atoms in total. The number of carbonyl (C=O) groups is 1. The minimum atomic E-state index is -2.85. The summed E-state index contributed by atoms with van der Waals surface area (Å²) in [6, 6.07) is 8.82. The van der Waals surface area contributed by atoms with Gasteiger partial charge in [-0.3, -0.25) is 4.79 Å². The lowest BCUT2D eigenvalue weighted by molar-refractivity contribution is -0.158. The van der Waals surface area contributed by atoms with Crippen molar-refractivity contribution in [3.8, 4) is 0 Å². The van der Waals surface area contributed by atoms with Gasteiger partial charge in [-0.15, -0.1) is 0 Å². The van der Waals surface area contributed by atoms with Crippen LogP contribution < -0.4 is 0 Å². The molecule has 0 fully saturated rings. The van der Waals surface area contributed by atoms with Crippen molar-refractivity contribution in [2.45, 2.75) is 19.1 Å². The van der Waals surface area contributed by atoms with Crippen LogP contribution in [0.3, 0.4) is 0 Å². The van der Waals surface area contributed by atoms with Gasteiger partial charge in [0.05, 0.1) is 6.61 Å². The van der Waals surface area contributed by atoms with Crippen molar-refractivity contribution in [3.05, 3.63) is 35.9 Å². The largest absolute Gasteiger partial charge is 0.481 e. The molecule has 0 aromatic heterocycles. The Morgan fingerprint density at radius 2 is 1.90 bits per heavy atom. The summed E-state index contributed by atoms with van der Waals surface area (Å²) in [4.78, 5) is 12.7. The van der Waals surface area contributed by atoms with E-state index in [1.807, 2.05) is 0 Å². The van der Waals surface area contributed by atoms with E-state index in [1.165, 1.54) is 0 Å². The van der Waals surface area contributed by atoms with Gasteiger partial charge in [0, 0.05) is 6.54 Å². The molecule has 20 heavy (non-hydrogen) atoms. The first-order valence-electron chi connectivity index (χ1n) is 6.23. The van der Waals surface area contributed by atoms with Crippen LogP contribution in [0.5, 0.6) is 0 Å². The zero-order chi connectivity index (χ0) is 15.1. The highest BCUT2D eigenvalue weighted by atomic mass is 19.3. The third-order valence-corrected chi connectivity index (χ3v) is 2.81. The van der Waals surface area contributed by atoms with Crippen LogP contribution in [-0.2, 0) is 16.1 Å². The van der Waals surface area contributed by atoms with Crippen molar-refractivity contribution in [1.82, 2.24) is 4.90 Å². The van der Waals surface area contributed by atoms with Gasteiger partial charge in [0.1, 0.15) is 12.0 Å². The molecule has 0 amide bonds. The average molecular weight is 287 g/mol. The molecule has 2 atom stereocenters. The Hall–Kier alpha value is -1.53. The van der Waals surface area contributed by atoms with Crippen LogP contribution in [0, 0.1) is 5.92 Å². The molecule has 0 aliphatic heterocycles. The fourth-order valence-electron chi connectivity index (χ4n) is 1.85. The number of carboxylic acid groups (broad SMARTS) is 1. The normalized spacial score (nSPS) is 14.5. The first-order chi connectivity index (χ1) is 9.41. The minimum Gasteiger partial charge on any atom is -0.481 e. The third kappa shape index (κ3) is 5.22. The van der Waals surface area contributed by atoms with Crippen LogP contribution in [0.25, 0.3) is 0 Å². The van der Waals surface area contributed by atoms with Crippen molar-refractivity contribution in [2.75, 3.05) is 20.6 Å². The Morgan fingerprint density at radius 3 is 2.35 bits per heavy atom.